The van der Waals surface area contributed by atoms with Gasteiger partial charge in [-0.3, -0.25) is 4.79 Å². The Morgan fingerprint density at radius 1 is 1.13 bits per heavy atom. The number of amides is 1. The van der Waals surface area contributed by atoms with Crippen molar-refractivity contribution in [1.29, 1.82) is 0 Å². The Bertz CT molecular complexity index is 1560. The van der Waals surface area contributed by atoms with E-state index in [4.69, 9.17) is 9.72 Å². The first kappa shape index (κ1) is 25.0. The van der Waals surface area contributed by atoms with Gasteiger partial charge in [0, 0.05) is 29.4 Å². The van der Waals surface area contributed by atoms with Gasteiger partial charge in [-0.1, -0.05) is 24.3 Å². The van der Waals surface area contributed by atoms with Crippen molar-refractivity contribution in [2.24, 2.45) is 0 Å². The van der Waals surface area contributed by atoms with E-state index in [-0.39, 0.29) is 18.6 Å². The van der Waals surface area contributed by atoms with Gasteiger partial charge in [-0.2, -0.15) is 5.10 Å². The van der Waals surface area contributed by atoms with Crippen LogP contribution in [0, 0.1) is 0 Å². The minimum Gasteiger partial charge on any atom is -0.489 e. The molecule has 0 saturated heterocycles. The number of nitrogens with zero attached hydrogens (tertiary/aromatic N) is 7. The summed E-state index contributed by atoms with van der Waals surface area (Å²) in [4.78, 5) is 17.5. The zero-order chi connectivity index (χ0) is 26.7. The van der Waals surface area contributed by atoms with E-state index in [1.807, 2.05) is 55.6 Å². The quantitative estimate of drug-likeness (QED) is 0.308. The first-order valence-corrected chi connectivity index (χ1v) is 12.2. The van der Waals surface area contributed by atoms with Crippen molar-refractivity contribution >= 4 is 11.6 Å². The molecule has 5 aromatic rings. The molecule has 3 heterocycles. The number of tetrazole rings is 1. The number of ether oxygens (including phenoxy) is 1. The molecule has 0 spiro atoms. The third-order valence-corrected chi connectivity index (χ3v) is 5.79. The van der Waals surface area contributed by atoms with Gasteiger partial charge >= 0.3 is 0 Å². The average Bonchev–Trinajstić information content (AvgIpc) is 3.56. The van der Waals surface area contributed by atoms with Crippen molar-refractivity contribution in [1.82, 2.24) is 40.1 Å². The van der Waals surface area contributed by atoms with Crippen LogP contribution in [-0.2, 0) is 6.54 Å². The topological polar surface area (TPSA) is 132 Å². The molecule has 5 rings (SSSR count). The van der Waals surface area contributed by atoms with Crippen LogP contribution in [0.3, 0.4) is 0 Å². The molecule has 194 valence electrons. The highest BCUT2D eigenvalue weighted by Gasteiger charge is 2.16. The van der Waals surface area contributed by atoms with E-state index in [9.17, 15) is 9.90 Å². The molecule has 1 atom stereocenters. The second-order valence-electron chi connectivity index (χ2n) is 9.70. The van der Waals surface area contributed by atoms with E-state index in [1.54, 1.807) is 47.7 Å². The molecule has 0 aliphatic carbocycles. The number of hydrogen-bond donors (Lipinski definition) is 2. The molecule has 0 unspecified atom stereocenters. The predicted octanol–water partition coefficient (Wildman–Crippen LogP) is 3.02. The fourth-order valence-electron chi connectivity index (χ4n) is 3.99. The summed E-state index contributed by atoms with van der Waals surface area (Å²) in [6.45, 7) is 5.92. The van der Waals surface area contributed by atoms with Crippen LogP contribution in [0.2, 0.25) is 0 Å². The first-order chi connectivity index (χ1) is 18.2. The van der Waals surface area contributed by atoms with Gasteiger partial charge in [0.15, 0.2) is 5.65 Å². The molecule has 38 heavy (non-hydrogen) atoms. The Kier molecular flexibility index (Phi) is 6.84. The van der Waals surface area contributed by atoms with Gasteiger partial charge in [0.25, 0.3) is 5.91 Å². The maximum atomic E-state index is 12.6. The largest absolute Gasteiger partial charge is 0.489 e. The van der Waals surface area contributed by atoms with Gasteiger partial charge in [-0.25, -0.2) is 14.2 Å². The Morgan fingerprint density at radius 2 is 1.95 bits per heavy atom. The maximum absolute atomic E-state index is 12.6. The van der Waals surface area contributed by atoms with Crippen LogP contribution in [0.25, 0.3) is 28.0 Å². The molecule has 0 aliphatic rings. The zero-order valence-electron chi connectivity index (χ0n) is 21.3. The van der Waals surface area contributed by atoms with E-state index in [0.717, 1.165) is 22.4 Å². The molecule has 0 fully saturated rings. The van der Waals surface area contributed by atoms with E-state index in [0.29, 0.717) is 23.5 Å². The van der Waals surface area contributed by atoms with Crippen LogP contribution in [0.4, 0.5) is 0 Å². The molecule has 2 aromatic carbocycles. The van der Waals surface area contributed by atoms with Crippen molar-refractivity contribution in [2.75, 3.05) is 6.54 Å². The highest BCUT2D eigenvalue weighted by Crippen LogP contribution is 2.28. The number of carbonyl (C=O) groups excluding carboxylic acids is 1. The van der Waals surface area contributed by atoms with Gasteiger partial charge < -0.3 is 15.2 Å². The SMILES string of the molecule is C[C@@H](Cn1cnnn1)Oc1cccc(-c2ccn3ncc(-c4cccc(C(=O)NCC(C)(C)O)c4)c3n2)c1. The average molecular weight is 513 g/mol. The highest BCUT2D eigenvalue weighted by molar-refractivity contribution is 5.96. The van der Waals surface area contributed by atoms with Crippen molar-refractivity contribution < 1.29 is 14.6 Å². The zero-order valence-corrected chi connectivity index (χ0v) is 21.3. The summed E-state index contributed by atoms with van der Waals surface area (Å²) in [6.07, 6.45) is 5.00. The number of nitrogens with one attached hydrogen (secondary N) is 1. The lowest BCUT2D eigenvalue weighted by Gasteiger charge is -2.17. The second kappa shape index (κ2) is 10.4. The lowest BCUT2D eigenvalue weighted by Crippen LogP contribution is -2.38. The third kappa shape index (κ3) is 5.84. The summed E-state index contributed by atoms with van der Waals surface area (Å²) < 4.78 is 9.40. The van der Waals surface area contributed by atoms with E-state index in [2.05, 4.69) is 25.9 Å². The van der Waals surface area contributed by atoms with Crippen molar-refractivity contribution in [3.8, 4) is 28.1 Å². The van der Waals surface area contributed by atoms with Crippen LogP contribution in [0.15, 0.2) is 73.3 Å². The first-order valence-electron chi connectivity index (χ1n) is 12.2. The Labute approximate surface area is 219 Å². The highest BCUT2D eigenvalue weighted by atomic mass is 16.5. The minimum absolute atomic E-state index is 0.140. The van der Waals surface area contributed by atoms with Crippen molar-refractivity contribution in [2.45, 2.75) is 39.0 Å². The maximum Gasteiger partial charge on any atom is 0.251 e. The summed E-state index contributed by atoms with van der Waals surface area (Å²) in [5, 5.41) is 28.3. The number of aliphatic hydroxyl groups is 1. The number of aromatic nitrogens is 7. The lowest BCUT2D eigenvalue weighted by molar-refractivity contribution is 0.0694. The number of hydrogen-bond acceptors (Lipinski definition) is 8. The van der Waals surface area contributed by atoms with Gasteiger partial charge in [-0.15, -0.1) is 5.10 Å². The molecule has 3 aromatic heterocycles. The normalized spacial score (nSPS) is 12.4. The van der Waals surface area contributed by atoms with Crippen LogP contribution in [-0.4, -0.2) is 64.1 Å². The Hall–Kier alpha value is -4.64. The molecule has 11 nitrogen and oxygen atoms in total. The smallest absolute Gasteiger partial charge is 0.251 e. The Balaban J connectivity index is 1.39. The Morgan fingerprint density at radius 3 is 2.74 bits per heavy atom. The molecular formula is C27H28N8O3. The fraction of sp³-hybridized carbons (Fsp3) is 0.259. The molecule has 2 N–H and O–H groups in total. The number of rotatable bonds is 9. The number of benzene rings is 2. The second-order valence-corrected chi connectivity index (χ2v) is 9.70. The molecule has 0 radical (unpaired) electrons. The van der Waals surface area contributed by atoms with E-state index >= 15 is 0 Å². The number of fused-ring (bicyclic) bond motifs is 1. The van der Waals surface area contributed by atoms with Gasteiger partial charge in [0.1, 0.15) is 18.2 Å². The monoisotopic (exact) mass is 512 g/mol. The van der Waals surface area contributed by atoms with E-state index in [1.165, 1.54) is 0 Å². The molecule has 0 bridgehead atoms. The predicted molar refractivity (Wildman–Crippen MR) is 140 cm³/mol. The summed E-state index contributed by atoms with van der Waals surface area (Å²) in [6, 6.07) is 16.9. The summed E-state index contributed by atoms with van der Waals surface area (Å²) >= 11 is 0. The fourth-order valence-corrected chi connectivity index (χ4v) is 3.99. The van der Waals surface area contributed by atoms with E-state index < -0.39 is 5.60 Å². The van der Waals surface area contributed by atoms with Gasteiger partial charge in [-0.05, 0) is 67.1 Å². The van der Waals surface area contributed by atoms with Crippen LogP contribution < -0.4 is 10.1 Å². The molecule has 0 saturated carbocycles. The lowest BCUT2D eigenvalue weighted by atomic mass is 10.0. The van der Waals surface area contributed by atoms with Crippen molar-refractivity contribution in [3.63, 3.8) is 0 Å². The molecule has 11 heteroatoms. The minimum atomic E-state index is -0.995. The standard InChI is InChI=1S/C27H28N8O3/c1-18(15-34-17-29-32-33-34)38-22-9-5-7-20(13-22)24-10-11-35-25(31-24)23(14-30-35)19-6-4-8-21(12-19)26(36)28-16-27(2,3)37/h4-14,17-18,37H,15-16H2,1-3H3,(H,28,36)/t18-/m0/s1. The van der Waals surface area contributed by atoms with Gasteiger partial charge in [0.05, 0.1) is 24.0 Å². The van der Waals surface area contributed by atoms with Crippen LogP contribution in [0.5, 0.6) is 5.75 Å². The summed E-state index contributed by atoms with van der Waals surface area (Å²) in [7, 11) is 0. The third-order valence-electron chi connectivity index (χ3n) is 5.79. The molecule has 1 amide bonds. The summed E-state index contributed by atoms with van der Waals surface area (Å²) in [5.41, 5.74) is 3.42. The van der Waals surface area contributed by atoms with Crippen LogP contribution in [0.1, 0.15) is 31.1 Å². The van der Waals surface area contributed by atoms with Crippen molar-refractivity contribution in [3.05, 3.63) is 78.9 Å². The molecular weight excluding hydrogens is 484 g/mol. The number of carbonyl (C=O) groups is 1. The van der Waals surface area contributed by atoms with Crippen LogP contribution >= 0.6 is 0 Å². The molecule has 0 aliphatic heterocycles. The van der Waals surface area contributed by atoms with Gasteiger partial charge in [0.2, 0.25) is 0 Å². The summed E-state index contributed by atoms with van der Waals surface area (Å²) in [5.74, 6) is 0.452.